The fourth-order valence-corrected chi connectivity index (χ4v) is 2.50. The molecule has 8 nitrogen and oxygen atoms in total. The molecular weight excluding hydrogens is 314 g/mol. The lowest BCUT2D eigenvalue weighted by Crippen LogP contribution is -2.48. The van der Waals surface area contributed by atoms with Gasteiger partial charge in [-0.3, -0.25) is 14.5 Å². The zero-order valence-corrected chi connectivity index (χ0v) is 12.7. The molecule has 24 heavy (non-hydrogen) atoms. The van der Waals surface area contributed by atoms with Crippen LogP contribution >= 0.6 is 0 Å². The zero-order chi connectivity index (χ0) is 17.3. The van der Waals surface area contributed by atoms with E-state index in [1.165, 1.54) is 12.1 Å². The number of ketones is 1. The second-order valence-electron chi connectivity index (χ2n) is 5.21. The van der Waals surface area contributed by atoms with Crippen LogP contribution in [0.3, 0.4) is 0 Å². The Labute approximate surface area is 136 Å². The number of nitro groups is 1. The van der Waals surface area contributed by atoms with Crippen molar-refractivity contribution in [2.24, 2.45) is 0 Å². The molecule has 1 atom stereocenters. The highest BCUT2D eigenvalue weighted by molar-refractivity contribution is 6.08. The molecule has 2 aromatic rings. The van der Waals surface area contributed by atoms with E-state index in [2.05, 4.69) is 4.98 Å². The minimum atomic E-state index is -0.864. The van der Waals surface area contributed by atoms with Crippen LogP contribution in [0.25, 0.3) is 0 Å². The first-order valence-corrected chi connectivity index (χ1v) is 7.18. The number of hydrogen-bond donors (Lipinski definition) is 0. The molecule has 8 heteroatoms. The van der Waals surface area contributed by atoms with Crippen molar-refractivity contribution in [1.82, 2.24) is 4.98 Å². The quantitative estimate of drug-likeness (QED) is 0.483. The molecule has 1 aromatic carbocycles. The number of benzene rings is 1. The summed E-state index contributed by atoms with van der Waals surface area (Å²) in [5.41, 5.74) is 0.441. The standard InChI is InChI=1S/C16H13N3O5/c1-10(15(21)11-5-3-2-4-6-11)18-14(20)9-24-12-7-8-13(19(22)23)17-16(12)18/h2-8,10H,9H2,1H3. The van der Waals surface area contributed by atoms with Gasteiger partial charge in [0, 0.05) is 11.6 Å². The van der Waals surface area contributed by atoms with Gasteiger partial charge in [0.1, 0.15) is 6.04 Å². The fraction of sp³-hybridized carbons (Fsp3) is 0.188. The molecule has 3 rings (SSSR count). The molecule has 1 aliphatic rings. The highest BCUT2D eigenvalue weighted by Gasteiger charge is 2.38. The van der Waals surface area contributed by atoms with Crippen molar-refractivity contribution in [2.75, 3.05) is 11.5 Å². The van der Waals surface area contributed by atoms with Crippen molar-refractivity contribution in [3.05, 3.63) is 58.1 Å². The van der Waals surface area contributed by atoms with E-state index in [0.29, 0.717) is 5.56 Å². The van der Waals surface area contributed by atoms with Gasteiger partial charge in [0.15, 0.2) is 18.1 Å². The maximum absolute atomic E-state index is 12.6. The molecule has 122 valence electrons. The van der Waals surface area contributed by atoms with Gasteiger partial charge in [0.2, 0.25) is 0 Å². The van der Waals surface area contributed by atoms with E-state index in [4.69, 9.17) is 4.74 Å². The molecule has 0 spiro atoms. The van der Waals surface area contributed by atoms with Crippen LogP contribution in [-0.4, -0.2) is 34.2 Å². The molecule has 0 radical (unpaired) electrons. The van der Waals surface area contributed by atoms with Crippen LogP contribution in [0.2, 0.25) is 0 Å². The Kier molecular flexibility index (Phi) is 3.95. The number of ether oxygens (including phenoxy) is 1. The predicted molar refractivity (Wildman–Crippen MR) is 84.1 cm³/mol. The number of nitrogens with zero attached hydrogens (tertiary/aromatic N) is 3. The number of carbonyl (C=O) groups excluding carboxylic acids is 2. The van der Waals surface area contributed by atoms with Gasteiger partial charge in [-0.2, -0.15) is 0 Å². The van der Waals surface area contributed by atoms with E-state index >= 15 is 0 Å². The second kappa shape index (κ2) is 6.07. The van der Waals surface area contributed by atoms with Crippen LogP contribution in [0.1, 0.15) is 17.3 Å². The average molecular weight is 327 g/mol. The smallest absolute Gasteiger partial charge is 0.366 e. The molecule has 1 unspecified atom stereocenters. The summed E-state index contributed by atoms with van der Waals surface area (Å²) in [5.74, 6) is -0.973. The van der Waals surface area contributed by atoms with Crippen molar-refractivity contribution >= 4 is 23.3 Å². The normalized spacial score (nSPS) is 14.5. The first-order valence-electron chi connectivity index (χ1n) is 7.18. The Balaban J connectivity index is 2.01. The minimum absolute atomic E-state index is 0.0165. The van der Waals surface area contributed by atoms with E-state index in [-0.39, 0.29) is 24.0 Å². The monoisotopic (exact) mass is 327 g/mol. The Morgan fingerprint density at radius 2 is 2.00 bits per heavy atom. The predicted octanol–water partition coefficient (Wildman–Crippen LogP) is 1.99. The van der Waals surface area contributed by atoms with Gasteiger partial charge in [-0.1, -0.05) is 30.3 Å². The summed E-state index contributed by atoms with van der Waals surface area (Å²) in [4.78, 5) is 40.2. The maximum atomic E-state index is 12.6. The number of Topliss-reactive ketones (excluding diaryl/α,β-unsaturated/α-hetero) is 1. The third-order valence-electron chi connectivity index (χ3n) is 3.68. The second-order valence-corrected chi connectivity index (χ2v) is 5.21. The van der Waals surface area contributed by atoms with E-state index < -0.39 is 22.7 Å². The summed E-state index contributed by atoms with van der Waals surface area (Å²) in [7, 11) is 0. The van der Waals surface area contributed by atoms with Gasteiger partial charge in [0.25, 0.3) is 11.7 Å². The molecule has 0 saturated heterocycles. The average Bonchev–Trinajstić information content (AvgIpc) is 2.60. The Morgan fingerprint density at radius 1 is 1.29 bits per heavy atom. The topological polar surface area (TPSA) is 103 Å². The van der Waals surface area contributed by atoms with Crippen LogP contribution in [-0.2, 0) is 4.79 Å². The molecule has 2 heterocycles. The summed E-state index contributed by atoms with van der Waals surface area (Å²) >= 11 is 0. The first kappa shape index (κ1) is 15.6. The molecule has 0 N–H and O–H groups in total. The number of pyridine rings is 1. The lowest BCUT2D eigenvalue weighted by Gasteiger charge is -2.29. The number of carbonyl (C=O) groups is 2. The van der Waals surface area contributed by atoms with Crippen LogP contribution in [0.4, 0.5) is 11.6 Å². The highest BCUT2D eigenvalue weighted by atomic mass is 16.6. The van der Waals surface area contributed by atoms with E-state index in [9.17, 15) is 19.7 Å². The molecule has 0 fully saturated rings. The van der Waals surface area contributed by atoms with Gasteiger partial charge >= 0.3 is 5.82 Å². The fourth-order valence-electron chi connectivity index (χ4n) is 2.50. The third kappa shape index (κ3) is 2.69. The molecule has 1 amide bonds. The Morgan fingerprint density at radius 3 is 2.67 bits per heavy atom. The zero-order valence-electron chi connectivity index (χ0n) is 12.7. The summed E-state index contributed by atoms with van der Waals surface area (Å²) in [6.45, 7) is 1.31. The van der Waals surface area contributed by atoms with Crippen molar-refractivity contribution in [3.8, 4) is 5.75 Å². The van der Waals surface area contributed by atoms with Gasteiger partial charge in [-0.15, -0.1) is 0 Å². The van der Waals surface area contributed by atoms with E-state index in [1.54, 1.807) is 37.3 Å². The van der Waals surface area contributed by atoms with Crippen molar-refractivity contribution in [2.45, 2.75) is 13.0 Å². The number of hydrogen-bond acceptors (Lipinski definition) is 6. The molecular formula is C16H13N3O5. The number of rotatable bonds is 4. The van der Waals surface area contributed by atoms with Crippen molar-refractivity contribution in [3.63, 3.8) is 0 Å². The van der Waals surface area contributed by atoms with Crippen LogP contribution in [0.15, 0.2) is 42.5 Å². The van der Waals surface area contributed by atoms with Crippen molar-refractivity contribution < 1.29 is 19.2 Å². The number of fused-ring (bicyclic) bond motifs is 1. The third-order valence-corrected chi connectivity index (χ3v) is 3.68. The highest BCUT2D eigenvalue weighted by Crippen LogP contribution is 2.33. The van der Waals surface area contributed by atoms with E-state index in [1.807, 2.05) is 0 Å². The Hall–Kier alpha value is -3.29. The van der Waals surface area contributed by atoms with Gasteiger partial charge < -0.3 is 14.9 Å². The number of anilines is 1. The van der Waals surface area contributed by atoms with Crippen molar-refractivity contribution in [1.29, 1.82) is 0 Å². The molecule has 1 aliphatic heterocycles. The lowest BCUT2D eigenvalue weighted by atomic mass is 10.0. The SMILES string of the molecule is CC(C(=O)c1ccccc1)N1C(=O)COc2ccc([N+](=O)[O-])nc21. The maximum Gasteiger partial charge on any atom is 0.366 e. The van der Waals surface area contributed by atoms with Crippen LogP contribution < -0.4 is 9.64 Å². The van der Waals surface area contributed by atoms with Crippen LogP contribution in [0, 0.1) is 10.1 Å². The first-order chi connectivity index (χ1) is 11.5. The number of amides is 1. The molecule has 0 bridgehead atoms. The molecule has 0 aliphatic carbocycles. The lowest BCUT2D eigenvalue weighted by molar-refractivity contribution is -0.389. The minimum Gasteiger partial charge on any atom is -0.477 e. The summed E-state index contributed by atoms with van der Waals surface area (Å²) in [6, 6.07) is 10.2. The van der Waals surface area contributed by atoms with Crippen LogP contribution in [0.5, 0.6) is 5.75 Å². The number of aromatic nitrogens is 1. The summed E-state index contributed by atoms with van der Waals surface area (Å²) < 4.78 is 5.25. The largest absolute Gasteiger partial charge is 0.477 e. The van der Waals surface area contributed by atoms with E-state index in [0.717, 1.165) is 4.90 Å². The summed E-state index contributed by atoms with van der Waals surface area (Å²) in [6.07, 6.45) is 0. The van der Waals surface area contributed by atoms with Gasteiger partial charge in [0.05, 0.1) is 0 Å². The molecule has 1 aromatic heterocycles. The Bertz CT molecular complexity index is 822. The van der Waals surface area contributed by atoms with Gasteiger partial charge in [-0.25, -0.2) is 0 Å². The van der Waals surface area contributed by atoms with Gasteiger partial charge in [-0.05, 0) is 22.9 Å². The summed E-state index contributed by atoms with van der Waals surface area (Å²) in [5, 5.41) is 10.9. The molecule has 0 saturated carbocycles.